The molecular formula is C27H24N10. The Hall–Kier alpha value is -5.12. The average molecular weight is 489 g/mol. The third kappa shape index (κ3) is 4.85. The van der Waals surface area contributed by atoms with Crippen LogP contribution in [0.3, 0.4) is 0 Å². The molecule has 3 heterocycles. The van der Waals surface area contributed by atoms with Crippen molar-refractivity contribution in [1.29, 1.82) is 0 Å². The summed E-state index contributed by atoms with van der Waals surface area (Å²) in [5.41, 5.74) is 5.63. The van der Waals surface area contributed by atoms with E-state index in [2.05, 4.69) is 82.6 Å². The minimum Gasteiger partial charge on any atom is -0.253 e. The highest BCUT2D eigenvalue weighted by molar-refractivity contribution is 5.73. The molecule has 0 saturated heterocycles. The van der Waals surface area contributed by atoms with Crippen LogP contribution in [0.4, 0.5) is 17.5 Å². The summed E-state index contributed by atoms with van der Waals surface area (Å²) < 4.78 is 0. The van der Waals surface area contributed by atoms with Crippen LogP contribution in [-0.2, 0) is 19.3 Å². The first-order valence-corrected chi connectivity index (χ1v) is 12.0. The molecule has 0 aliphatic carbocycles. The standard InChI is InChI=1S/C27H24N10/c1-4-10-19(11-5-1)16-22-25(31-34-28-22)37(26-23(29-35-32-26)17-20-12-6-2-7-13-20)27-24(30-36-33-27)18-21-14-8-3-9-15-21/h1-15H,16-18H2,(H,28,31,34)(H,29,32,35)(H,30,33,36). The smallest absolute Gasteiger partial charge is 0.186 e. The van der Waals surface area contributed by atoms with Gasteiger partial charge in [0.25, 0.3) is 0 Å². The number of H-pyrrole nitrogens is 3. The van der Waals surface area contributed by atoms with E-state index in [4.69, 9.17) is 0 Å². The fraction of sp³-hybridized carbons (Fsp3) is 0.111. The van der Waals surface area contributed by atoms with E-state index in [1.165, 1.54) is 0 Å². The van der Waals surface area contributed by atoms with E-state index in [0.29, 0.717) is 36.7 Å². The van der Waals surface area contributed by atoms with E-state index in [9.17, 15) is 0 Å². The highest BCUT2D eigenvalue weighted by atomic mass is 15.5. The third-order valence-corrected chi connectivity index (χ3v) is 6.08. The van der Waals surface area contributed by atoms with Crippen LogP contribution in [0, 0.1) is 0 Å². The molecule has 0 saturated carbocycles. The Morgan fingerprint density at radius 2 is 0.703 bits per heavy atom. The maximum Gasteiger partial charge on any atom is 0.186 e. The van der Waals surface area contributed by atoms with Gasteiger partial charge in [-0.1, -0.05) is 91.0 Å². The first-order chi connectivity index (χ1) is 18.3. The van der Waals surface area contributed by atoms with Gasteiger partial charge in [0.15, 0.2) is 17.5 Å². The number of hydrogen-bond acceptors (Lipinski definition) is 7. The van der Waals surface area contributed by atoms with Crippen molar-refractivity contribution in [2.45, 2.75) is 19.3 Å². The monoisotopic (exact) mass is 488 g/mol. The minimum absolute atomic E-state index is 0.584. The molecule has 37 heavy (non-hydrogen) atoms. The summed E-state index contributed by atoms with van der Waals surface area (Å²) in [6, 6.07) is 30.5. The molecule has 0 atom stereocenters. The summed E-state index contributed by atoms with van der Waals surface area (Å²) in [6.07, 6.45) is 1.75. The zero-order valence-electron chi connectivity index (χ0n) is 19.9. The average Bonchev–Trinajstić information content (AvgIpc) is 3.70. The molecule has 6 aromatic rings. The second-order valence-corrected chi connectivity index (χ2v) is 8.60. The largest absolute Gasteiger partial charge is 0.253 e. The van der Waals surface area contributed by atoms with E-state index in [1.54, 1.807) is 0 Å². The van der Waals surface area contributed by atoms with Gasteiger partial charge >= 0.3 is 0 Å². The van der Waals surface area contributed by atoms with Gasteiger partial charge in [-0.2, -0.15) is 30.9 Å². The first kappa shape index (κ1) is 22.4. The maximum absolute atomic E-state index is 4.55. The predicted molar refractivity (Wildman–Crippen MR) is 139 cm³/mol. The lowest BCUT2D eigenvalue weighted by molar-refractivity contribution is 0.904. The van der Waals surface area contributed by atoms with Crippen LogP contribution in [0.2, 0.25) is 0 Å². The number of nitrogens with one attached hydrogen (secondary N) is 3. The molecule has 6 rings (SSSR count). The van der Waals surface area contributed by atoms with Gasteiger partial charge in [-0.3, -0.25) is 4.90 Å². The second kappa shape index (κ2) is 10.2. The highest BCUT2D eigenvalue weighted by Gasteiger charge is 2.29. The van der Waals surface area contributed by atoms with Gasteiger partial charge in [0.2, 0.25) is 0 Å². The molecule has 10 nitrogen and oxygen atoms in total. The molecule has 0 spiro atoms. The van der Waals surface area contributed by atoms with E-state index in [0.717, 1.165) is 33.8 Å². The van der Waals surface area contributed by atoms with Crippen LogP contribution in [0.1, 0.15) is 33.8 Å². The Kier molecular flexibility index (Phi) is 6.19. The van der Waals surface area contributed by atoms with Crippen molar-refractivity contribution in [3.63, 3.8) is 0 Å². The summed E-state index contributed by atoms with van der Waals surface area (Å²) in [5, 5.41) is 35.5. The Bertz CT molecular complexity index is 1370. The van der Waals surface area contributed by atoms with Gasteiger partial charge < -0.3 is 0 Å². The van der Waals surface area contributed by atoms with Crippen molar-refractivity contribution in [3.8, 4) is 0 Å². The van der Waals surface area contributed by atoms with Crippen LogP contribution in [-0.4, -0.2) is 46.2 Å². The molecule has 0 amide bonds. The molecule has 0 fully saturated rings. The van der Waals surface area contributed by atoms with Crippen LogP contribution in [0.25, 0.3) is 0 Å². The van der Waals surface area contributed by atoms with Gasteiger partial charge in [-0.25, -0.2) is 0 Å². The Morgan fingerprint density at radius 1 is 0.405 bits per heavy atom. The molecule has 0 bridgehead atoms. The molecule has 0 aliphatic heterocycles. The maximum atomic E-state index is 4.55. The molecule has 182 valence electrons. The zero-order chi connectivity index (χ0) is 24.9. The second-order valence-electron chi connectivity index (χ2n) is 8.60. The van der Waals surface area contributed by atoms with Crippen LogP contribution >= 0.6 is 0 Å². The van der Waals surface area contributed by atoms with Gasteiger partial charge in [-0.05, 0) is 16.7 Å². The van der Waals surface area contributed by atoms with Crippen LogP contribution in [0.15, 0.2) is 91.0 Å². The zero-order valence-corrected chi connectivity index (χ0v) is 19.9. The lowest BCUT2D eigenvalue weighted by Gasteiger charge is -2.20. The van der Waals surface area contributed by atoms with Crippen molar-refractivity contribution in [3.05, 3.63) is 125 Å². The third-order valence-electron chi connectivity index (χ3n) is 6.08. The van der Waals surface area contributed by atoms with Crippen LogP contribution in [0.5, 0.6) is 0 Å². The van der Waals surface area contributed by atoms with Crippen molar-refractivity contribution in [2.75, 3.05) is 4.90 Å². The van der Waals surface area contributed by atoms with Gasteiger partial charge in [-0.15, -0.1) is 15.3 Å². The molecule has 0 radical (unpaired) electrons. The SMILES string of the molecule is c1ccc(Cc2n[nH]nc2N(c2n[nH]nc2Cc2ccccc2)c2n[nH]nc2Cc2ccccc2)cc1. The molecule has 3 aromatic carbocycles. The fourth-order valence-electron chi connectivity index (χ4n) is 4.30. The number of aromatic amines is 3. The molecule has 10 heteroatoms. The fourth-order valence-corrected chi connectivity index (χ4v) is 4.30. The molecule has 0 aliphatic rings. The normalized spacial score (nSPS) is 11.0. The van der Waals surface area contributed by atoms with E-state index in [-0.39, 0.29) is 0 Å². The topological polar surface area (TPSA) is 128 Å². The van der Waals surface area contributed by atoms with Gasteiger partial charge in [0, 0.05) is 19.3 Å². The lowest BCUT2D eigenvalue weighted by Crippen LogP contribution is -2.17. The summed E-state index contributed by atoms with van der Waals surface area (Å²) in [6.45, 7) is 0. The summed E-state index contributed by atoms with van der Waals surface area (Å²) >= 11 is 0. The van der Waals surface area contributed by atoms with E-state index in [1.807, 2.05) is 59.5 Å². The van der Waals surface area contributed by atoms with Crippen molar-refractivity contribution in [2.24, 2.45) is 0 Å². The Labute approximate surface area is 212 Å². The quantitative estimate of drug-likeness (QED) is 0.277. The number of hydrogen-bond donors (Lipinski definition) is 3. The molecule has 3 aromatic heterocycles. The van der Waals surface area contributed by atoms with Gasteiger partial charge in [0.05, 0.1) is 0 Å². The molecule has 0 unspecified atom stereocenters. The Balaban J connectivity index is 1.44. The summed E-state index contributed by atoms with van der Waals surface area (Å²) in [5.74, 6) is 1.78. The number of rotatable bonds is 9. The van der Waals surface area contributed by atoms with Crippen molar-refractivity contribution in [1.82, 2.24) is 46.2 Å². The lowest BCUT2D eigenvalue weighted by atomic mass is 10.1. The van der Waals surface area contributed by atoms with Gasteiger partial charge in [0.1, 0.15) is 17.1 Å². The van der Waals surface area contributed by atoms with E-state index < -0.39 is 0 Å². The number of nitrogens with zero attached hydrogens (tertiary/aromatic N) is 7. The van der Waals surface area contributed by atoms with Crippen molar-refractivity contribution >= 4 is 17.5 Å². The summed E-state index contributed by atoms with van der Waals surface area (Å²) in [7, 11) is 0. The summed E-state index contributed by atoms with van der Waals surface area (Å²) in [4.78, 5) is 1.88. The van der Waals surface area contributed by atoms with Crippen molar-refractivity contribution < 1.29 is 0 Å². The number of benzene rings is 3. The van der Waals surface area contributed by atoms with Crippen LogP contribution < -0.4 is 4.90 Å². The minimum atomic E-state index is 0.584. The predicted octanol–water partition coefficient (Wildman–Crippen LogP) is 4.28. The Morgan fingerprint density at radius 3 is 1.00 bits per heavy atom. The highest BCUT2D eigenvalue weighted by Crippen LogP contribution is 2.36. The first-order valence-electron chi connectivity index (χ1n) is 12.0. The number of anilines is 3. The number of aromatic nitrogens is 9. The molecular weight excluding hydrogens is 464 g/mol. The molecule has 3 N–H and O–H groups in total. The van der Waals surface area contributed by atoms with E-state index >= 15 is 0 Å².